The number of hydrogen-bond donors (Lipinski definition) is 2. The van der Waals surface area contributed by atoms with Crippen LogP contribution in [0.3, 0.4) is 0 Å². The monoisotopic (exact) mass is 476 g/mol. The Hall–Kier alpha value is -3.44. The number of carboxylic acid groups (broad SMARTS) is 1. The van der Waals surface area contributed by atoms with E-state index in [2.05, 4.69) is 21.5 Å². The van der Waals surface area contributed by atoms with E-state index in [4.69, 9.17) is 0 Å². The Labute approximate surface area is 201 Å². The molecule has 3 aromatic rings. The van der Waals surface area contributed by atoms with E-state index in [1.165, 1.54) is 12.1 Å². The van der Waals surface area contributed by atoms with E-state index in [0.717, 1.165) is 16.7 Å². The van der Waals surface area contributed by atoms with Crippen LogP contribution in [-0.2, 0) is 27.9 Å². The molecular formula is C27H28N2O4S. The summed E-state index contributed by atoms with van der Waals surface area (Å²) in [5, 5.41) is 9.52. The first kappa shape index (κ1) is 25.2. The number of hydrogen-bond acceptors (Lipinski definition) is 4. The Bertz CT molecular complexity index is 1190. The Morgan fingerprint density at radius 1 is 0.882 bits per heavy atom. The first-order chi connectivity index (χ1) is 16.3. The topological polar surface area (TPSA) is 86.7 Å². The second-order valence-corrected chi connectivity index (χ2v) is 9.71. The van der Waals surface area contributed by atoms with Crippen molar-refractivity contribution in [2.24, 2.45) is 0 Å². The van der Waals surface area contributed by atoms with Gasteiger partial charge in [0.25, 0.3) is 0 Å². The van der Waals surface area contributed by atoms with Gasteiger partial charge < -0.3 is 5.11 Å². The van der Waals surface area contributed by atoms with Crippen molar-refractivity contribution < 1.29 is 18.3 Å². The minimum Gasteiger partial charge on any atom is -0.480 e. The van der Waals surface area contributed by atoms with Crippen molar-refractivity contribution in [2.75, 3.05) is 6.54 Å². The van der Waals surface area contributed by atoms with Gasteiger partial charge in [0, 0.05) is 19.5 Å². The van der Waals surface area contributed by atoms with E-state index < -0.39 is 22.0 Å². The van der Waals surface area contributed by atoms with Crippen LogP contribution in [-0.4, -0.2) is 37.0 Å². The summed E-state index contributed by atoms with van der Waals surface area (Å²) in [6.45, 7) is 3.64. The summed E-state index contributed by atoms with van der Waals surface area (Å²) in [5.74, 6) is 4.61. The van der Waals surface area contributed by atoms with Crippen molar-refractivity contribution in [1.82, 2.24) is 9.62 Å². The smallest absolute Gasteiger partial charge is 0.322 e. The molecular weight excluding hydrogens is 448 g/mol. The lowest BCUT2D eigenvalue weighted by Gasteiger charge is -2.20. The molecule has 176 valence electrons. The number of benzene rings is 3. The van der Waals surface area contributed by atoms with Crippen LogP contribution >= 0.6 is 0 Å². The third-order valence-electron chi connectivity index (χ3n) is 5.16. The number of carbonyl (C=O) groups is 1. The highest BCUT2D eigenvalue weighted by Crippen LogP contribution is 2.12. The van der Waals surface area contributed by atoms with Gasteiger partial charge in [0.05, 0.1) is 11.4 Å². The number of carboxylic acids is 1. The molecule has 0 heterocycles. The summed E-state index contributed by atoms with van der Waals surface area (Å²) < 4.78 is 27.4. The summed E-state index contributed by atoms with van der Waals surface area (Å²) >= 11 is 0. The molecule has 0 aliphatic heterocycles. The highest BCUT2D eigenvalue weighted by atomic mass is 32.2. The van der Waals surface area contributed by atoms with E-state index in [1.54, 1.807) is 12.1 Å². The molecule has 0 bridgehead atoms. The zero-order valence-corrected chi connectivity index (χ0v) is 19.8. The van der Waals surface area contributed by atoms with Crippen LogP contribution in [0.15, 0.2) is 89.8 Å². The molecule has 3 aromatic carbocycles. The van der Waals surface area contributed by atoms with E-state index in [-0.39, 0.29) is 11.3 Å². The molecule has 0 unspecified atom stereocenters. The quantitative estimate of drug-likeness (QED) is 0.435. The van der Waals surface area contributed by atoms with E-state index >= 15 is 0 Å². The van der Waals surface area contributed by atoms with Crippen molar-refractivity contribution in [3.05, 3.63) is 102 Å². The number of nitrogens with one attached hydrogen (secondary N) is 1. The molecule has 6 nitrogen and oxygen atoms in total. The number of rotatable bonds is 10. The van der Waals surface area contributed by atoms with Gasteiger partial charge in [0.1, 0.15) is 6.04 Å². The van der Waals surface area contributed by atoms with Gasteiger partial charge in [0.15, 0.2) is 0 Å². The summed E-state index contributed by atoms with van der Waals surface area (Å²) in [6, 6.07) is 25.0. The van der Waals surface area contributed by atoms with Gasteiger partial charge in [-0.25, -0.2) is 8.42 Å². The van der Waals surface area contributed by atoms with Crippen LogP contribution in [0.5, 0.6) is 0 Å². The van der Waals surface area contributed by atoms with Crippen LogP contribution in [0.4, 0.5) is 0 Å². The highest BCUT2D eigenvalue weighted by molar-refractivity contribution is 7.89. The first-order valence-electron chi connectivity index (χ1n) is 10.9. The third-order valence-corrected chi connectivity index (χ3v) is 6.65. The second-order valence-electron chi connectivity index (χ2n) is 8.00. The zero-order valence-electron chi connectivity index (χ0n) is 19.0. The van der Waals surface area contributed by atoms with E-state index in [1.807, 2.05) is 67.6 Å². The minimum absolute atomic E-state index is 0.0224. The lowest BCUT2D eigenvalue weighted by atomic mass is 10.1. The maximum Gasteiger partial charge on any atom is 0.322 e. The molecule has 3 rings (SSSR count). The molecule has 0 amide bonds. The summed E-state index contributed by atoms with van der Waals surface area (Å²) in [7, 11) is -3.97. The fraction of sp³-hybridized carbons (Fsp3) is 0.222. The Morgan fingerprint density at radius 3 is 1.91 bits per heavy atom. The molecule has 0 spiro atoms. The van der Waals surface area contributed by atoms with Crippen LogP contribution in [0.25, 0.3) is 0 Å². The Morgan fingerprint density at radius 2 is 1.41 bits per heavy atom. The number of nitrogens with zero attached hydrogens (tertiary/aromatic N) is 1. The molecule has 0 saturated heterocycles. The van der Waals surface area contributed by atoms with E-state index in [9.17, 15) is 18.3 Å². The second kappa shape index (κ2) is 12.1. The predicted octanol–water partition coefficient (Wildman–Crippen LogP) is 3.82. The summed E-state index contributed by atoms with van der Waals surface area (Å²) in [6.07, 6.45) is -0.134. The molecule has 0 saturated carbocycles. The average Bonchev–Trinajstić information content (AvgIpc) is 2.82. The van der Waals surface area contributed by atoms with Crippen molar-refractivity contribution in [3.8, 4) is 11.8 Å². The highest BCUT2D eigenvalue weighted by Gasteiger charge is 2.24. The van der Waals surface area contributed by atoms with Gasteiger partial charge in [-0.05, 0) is 30.2 Å². The Balaban J connectivity index is 1.66. The standard InChI is InChI=1S/C27H28N2O4S/c1-22-15-17-25(18-16-22)34(32,33)28-26(27(30)31)14-8-9-19-29(20-23-10-4-2-5-11-23)21-24-12-6-3-7-13-24/h2-7,10-13,15-18,26,28H,14,19-21H2,1H3,(H,30,31)/t26-/m0/s1. The average molecular weight is 477 g/mol. The number of aliphatic carboxylic acids is 1. The lowest BCUT2D eigenvalue weighted by molar-refractivity contribution is -0.138. The molecule has 0 aromatic heterocycles. The molecule has 2 N–H and O–H groups in total. The molecule has 0 fully saturated rings. The fourth-order valence-corrected chi connectivity index (χ4v) is 4.53. The van der Waals surface area contributed by atoms with Gasteiger partial charge in [-0.2, -0.15) is 4.72 Å². The molecule has 1 atom stereocenters. The van der Waals surface area contributed by atoms with Gasteiger partial charge >= 0.3 is 5.97 Å². The molecule has 7 heteroatoms. The van der Waals surface area contributed by atoms with E-state index in [0.29, 0.717) is 19.6 Å². The maximum absolute atomic E-state index is 12.6. The molecule has 0 aliphatic rings. The molecule has 0 radical (unpaired) electrons. The van der Waals surface area contributed by atoms with Gasteiger partial charge in [-0.3, -0.25) is 9.69 Å². The van der Waals surface area contributed by atoms with Gasteiger partial charge in [0.2, 0.25) is 10.0 Å². The van der Waals surface area contributed by atoms with Crippen LogP contribution in [0.2, 0.25) is 0 Å². The summed E-state index contributed by atoms with van der Waals surface area (Å²) in [4.78, 5) is 13.8. The Kier molecular flexibility index (Phi) is 9.00. The van der Waals surface area contributed by atoms with Crippen LogP contribution in [0.1, 0.15) is 23.1 Å². The van der Waals surface area contributed by atoms with Crippen molar-refractivity contribution in [1.29, 1.82) is 0 Å². The van der Waals surface area contributed by atoms with Crippen LogP contribution < -0.4 is 4.72 Å². The SMILES string of the molecule is Cc1ccc(S(=O)(=O)N[C@@H](CC#CCN(Cc2ccccc2)Cc2ccccc2)C(=O)O)cc1. The van der Waals surface area contributed by atoms with Crippen molar-refractivity contribution >= 4 is 16.0 Å². The third kappa shape index (κ3) is 7.85. The number of sulfonamides is 1. The fourth-order valence-electron chi connectivity index (χ4n) is 3.35. The molecule has 34 heavy (non-hydrogen) atoms. The number of aryl methyl sites for hydroxylation is 1. The van der Waals surface area contributed by atoms with Crippen molar-refractivity contribution in [3.63, 3.8) is 0 Å². The van der Waals surface area contributed by atoms with Crippen LogP contribution in [0, 0.1) is 18.8 Å². The largest absolute Gasteiger partial charge is 0.480 e. The predicted molar refractivity (Wildman–Crippen MR) is 132 cm³/mol. The zero-order chi connectivity index (χ0) is 24.4. The van der Waals surface area contributed by atoms with Crippen molar-refractivity contribution in [2.45, 2.75) is 37.4 Å². The minimum atomic E-state index is -3.97. The van der Waals surface area contributed by atoms with Gasteiger partial charge in [-0.15, -0.1) is 0 Å². The summed E-state index contributed by atoms with van der Waals surface area (Å²) in [5.41, 5.74) is 3.21. The van der Waals surface area contributed by atoms with Gasteiger partial charge in [-0.1, -0.05) is 90.2 Å². The maximum atomic E-state index is 12.6. The normalized spacial score (nSPS) is 12.1. The lowest BCUT2D eigenvalue weighted by Crippen LogP contribution is -2.40. The first-order valence-corrected chi connectivity index (χ1v) is 12.4. The molecule has 0 aliphatic carbocycles.